The molecule has 0 aromatic carbocycles. The van der Waals surface area contributed by atoms with Crippen molar-refractivity contribution in [3.8, 4) is 0 Å². The molecular formula is C8H20N2O2. The highest BCUT2D eigenvalue weighted by Gasteiger charge is 1.89. The van der Waals surface area contributed by atoms with Crippen molar-refractivity contribution in [1.29, 1.82) is 0 Å². The zero-order valence-electron chi connectivity index (χ0n) is 8.46. The first kappa shape index (κ1) is 13.9. The normalized spacial score (nSPS) is 8.83. The molecule has 4 heteroatoms. The molecular weight excluding hydrogens is 156 g/mol. The van der Waals surface area contributed by atoms with Gasteiger partial charge in [-0.05, 0) is 19.6 Å². The Morgan fingerprint density at radius 3 is 1.50 bits per heavy atom. The number of hydrogen-bond acceptors (Lipinski definition) is 4. The number of nitrogens with zero attached hydrogens (tertiary/aromatic N) is 1. The number of carbonyl (C=O) groups excluding carboxylic acids is 1. The molecule has 2 N–H and O–H groups in total. The molecule has 0 atom stereocenters. The predicted molar refractivity (Wildman–Crippen MR) is 49.4 cm³/mol. The fourth-order valence-electron chi connectivity index (χ4n) is 0.671. The molecule has 0 heterocycles. The smallest absolute Gasteiger partial charge is 0.321 e. The van der Waals surface area contributed by atoms with E-state index < -0.39 is 5.97 Å². The maximum Gasteiger partial charge on any atom is 0.321 e. The standard InChI is InChI=1S/C6H15N.C2H5NO2/c1-4-7(5-2)6-3;1-2(4)5-3/h4-6H2,1-3H3;3H2,1H3. The van der Waals surface area contributed by atoms with Crippen molar-refractivity contribution in [3.05, 3.63) is 0 Å². The molecule has 0 saturated heterocycles. The quantitative estimate of drug-likeness (QED) is 0.645. The van der Waals surface area contributed by atoms with Gasteiger partial charge in [0, 0.05) is 6.92 Å². The molecule has 0 aromatic rings. The summed E-state index contributed by atoms with van der Waals surface area (Å²) in [5.74, 6) is 3.85. The van der Waals surface area contributed by atoms with Crippen LogP contribution in [0.2, 0.25) is 0 Å². The van der Waals surface area contributed by atoms with E-state index in [0.29, 0.717) is 0 Å². The summed E-state index contributed by atoms with van der Waals surface area (Å²) >= 11 is 0. The molecule has 0 bridgehead atoms. The Morgan fingerprint density at radius 1 is 1.25 bits per heavy atom. The molecule has 0 fully saturated rings. The van der Waals surface area contributed by atoms with Crippen LogP contribution in [-0.2, 0) is 9.63 Å². The van der Waals surface area contributed by atoms with E-state index in [1.807, 2.05) is 0 Å². The van der Waals surface area contributed by atoms with Crippen LogP contribution in [-0.4, -0.2) is 30.5 Å². The molecule has 4 nitrogen and oxygen atoms in total. The van der Waals surface area contributed by atoms with Gasteiger partial charge in [-0.15, -0.1) is 0 Å². The lowest BCUT2D eigenvalue weighted by molar-refractivity contribution is -0.141. The predicted octanol–water partition coefficient (Wildman–Crippen LogP) is 0.771. The average molecular weight is 176 g/mol. The minimum Gasteiger partial charge on any atom is -0.374 e. The fraction of sp³-hybridized carbons (Fsp3) is 0.875. The van der Waals surface area contributed by atoms with Gasteiger partial charge in [0.1, 0.15) is 0 Å². The van der Waals surface area contributed by atoms with E-state index in [1.165, 1.54) is 26.6 Å². The maximum atomic E-state index is 9.47. The van der Waals surface area contributed by atoms with Crippen LogP contribution in [0.1, 0.15) is 27.7 Å². The van der Waals surface area contributed by atoms with E-state index in [-0.39, 0.29) is 0 Å². The lowest BCUT2D eigenvalue weighted by atomic mass is 10.5. The van der Waals surface area contributed by atoms with E-state index in [4.69, 9.17) is 0 Å². The summed E-state index contributed by atoms with van der Waals surface area (Å²) in [5, 5.41) is 0. The third kappa shape index (κ3) is 12.1. The van der Waals surface area contributed by atoms with Gasteiger partial charge in [0.25, 0.3) is 0 Å². The molecule has 0 aliphatic carbocycles. The summed E-state index contributed by atoms with van der Waals surface area (Å²) in [4.78, 5) is 15.5. The van der Waals surface area contributed by atoms with Crippen LogP contribution in [0, 0.1) is 0 Å². The van der Waals surface area contributed by atoms with E-state index in [9.17, 15) is 4.79 Å². The number of rotatable bonds is 3. The van der Waals surface area contributed by atoms with Gasteiger partial charge in [-0.1, -0.05) is 20.8 Å². The van der Waals surface area contributed by atoms with Crippen molar-refractivity contribution in [3.63, 3.8) is 0 Å². The molecule has 0 rings (SSSR count). The van der Waals surface area contributed by atoms with Crippen LogP contribution in [0.25, 0.3) is 0 Å². The Hall–Kier alpha value is -0.610. The lowest BCUT2D eigenvalue weighted by Gasteiger charge is -2.13. The SMILES string of the molecule is CC(=O)ON.CCN(CC)CC. The van der Waals surface area contributed by atoms with E-state index >= 15 is 0 Å². The van der Waals surface area contributed by atoms with Gasteiger partial charge in [-0.2, -0.15) is 5.90 Å². The van der Waals surface area contributed by atoms with Crippen LogP contribution in [0.5, 0.6) is 0 Å². The van der Waals surface area contributed by atoms with Crippen molar-refractivity contribution in [2.45, 2.75) is 27.7 Å². The molecule has 0 radical (unpaired) electrons. The second kappa shape index (κ2) is 10.4. The summed E-state index contributed by atoms with van der Waals surface area (Å²) in [6.45, 7) is 11.4. The largest absolute Gasteiger partial charge is 0.374 e. The third-order valence-electron chi connectivity index (χ3n) is 1.51. The van der Waals surface area contributed by atoms with Crippen molar-refractivity contribution < 1.29 is 9.63 Å². The van der Waals surface area contributed by atoms with Gasteiger partial charge in [0.05, 0.1) is 0 Å². The van der Waals surface area contributed by atoms with Gasteiger partial charge >= 0.3 is 5.97 Å². The number of nitrogens with two attached hydrogens (primary N) is 1. The fourth-order valence-corrected chi connectivity index (χ4v) is 0.671. The highest BCUT2D eigenvalue weighted by Crippen LogP contribution is 1.81. The Labute approximate surface area is 74.6 Å². The molecule has 0 aliphatic rings. The lowest BCUT2D eigenvalue weighted by Crippen LogP contribution is -2.21. The van der Waals surface area contributed by atoms with Gasteiger partial charge in [0.2, 0.25) is 0 Å². The van der Waals surface area contributed by atoms with Gasteiger partial charge in [-0.3, -0.25) is 4.79 Å². The minimum atomic E-state index is -0.468. The Morgan fingerprint density at radius 2 is 1.50 bits per heavy atom. The molecule has 0 aromatic heterocycles. The van der Waals surface area contributed by atoms with Gasteiger partial charge in [0.15, 0.2) is 0 Å². The first-order chi connectivity index (χ1) is 5.62. The first-order valence-corrected chi connectivity index (χ1v) is 4.21. The van der Waals surface area contributed by atoms with Crippen molar-refractivity contribution >= 4 is 5.97 Å². The van der Waals surface area contributed by atoms with E-state index in [1.54, 1.807) is 0 Å². The summed E-state index contributed by atoms with van der Waals surface area (Å²) in [6, 6.07) is 0. The molecule has 74 valence electrons. The maximum absolute atomic E-state index is 9.47. The Kier molecular flexibility index (Phi) is 12.1. The minimum absolute atomic E-state index is 0.468. The molecule has 0 unspecified atom stereocenters. The Bertz CT molecular complexity index is 97.7. The van der Waals surface area contributed by atoms with E-state index in [2.05, 4.69) is 36.4 Å². The van der Waals surface area contributed by atoms with Crippen LogP contribution >= 0.6 is 0 Å². The summed E-state index contributed by atoms with van der Waals surface area (Å²) < 4.78 is 0. The summed E-state index contributed by atoms with van der Waals surface area (Å²) in [5.41, 5.74) is 0. The molecule has 0 aliphatic heterocycles. The number of carbonyl (C=O) groups is 1. The highest BCUT2D eigenvalue weighted by atomic mass is 16.7. The van der Waals surface area contributed by atoms with Crippen molar-refractivity contribution in [2.75, 3.05) is 19.6 Å². The molecule has 0 amide bonds. The van der Waals surface area contributed by atoms with Crippen molar-refractivity contribution in [1.82, 2.24) is 4.90 Å². The monoisotopic (exact) mass is 176 g/mol. The van der Waals surface area contributed by atoms with E-state index in [0.717, 1.165) is 0 Å². The molecule has 12 heavy (non-hydrogen) atoms. The average Bonchev–Trinajstić information content (AvgIpc) is 2.09. The Balaban J connectivity index is 0. The van der Waals surface area contributed by atoms with Gasteiger partial charge < -0.3 is 9.74 Å². The van der Waals surface area contributed by atoms with Crippen LogP contribution in [0.3, 0.4) is 0 Å². The highest BCUT2D eigenvalue weighted by molar-refractivity contribution is 5.65. The zero-order chi connectivity index (χ0) is 9.98. The third-order valence-corrected chi connectivity index (χ3v) is 1.51. The number of hydrogen-bond donors (Lipinski definition) is 1. The first-order valence-electron chi connectivity index (χ1n) is 4.21. The van der Waals surface area contributed by atoms with Crippen LogP contribution in [0.15, 0.2) is 0 Å². The summed E-state index contributed by atoms with van der Waals surface area (Å²) in [7, 11) is 0. The molecule has 0 saturated carbocycles. The van der Waals surface area contributed by atoms with Crippen molar-refractivity contribution in [2.24, 2.45) is 5.90 Å². The van der Waals surface area contributed by atoms with Crippen LogP contribution in [0.4, 0.5) is 0 Å². The zero-order valence-corrected chi connectivity index (χ0v) is 8.46. The topological polar surface area (TPSA) is 55.6 Å². The molecule has 0 spiro atoms. The second-order valence-corrected chi connectivity index (χ2v) is 2.23. The second-order valence-electron chi connectivity index (χ2n) is 2.23. The summed E-state index contributed by atoms with van der Waals surface area (Å²) in [6.07, 6.45) is 0. The van der Waals surface area contributed by atoms with Gasteiger partial charge in [-0.25, -0.2) is 0 Å². The van der Waals surface area contributed by atoms with Crippen LogP contribution < -0.4 is 5.90 Å².